The smallest absolute Gasteiger partial charge is 0.263 e. The van der Waals surface area contributed by atoms with Gasteiger partial charge in [-0.2, -0.15) is 0 Å². The second kappa shape index (κ2) is 7.85. The van der Waals surface area contributed by atoms with Crippen LogP contribution in [-0.4, -0.2) is 48.1 Å². The Morgan fingerprint density at radius 1 is 1.33 bits per heavy atom. The predicted molar refractivity (Wildman–Crippen MR) is 121 cm³/mol. The van der Waals surface area contributed by atoms with Crippen LogP contribution in [0.25, 0.3) is 10.2 Å². The Labute approximate surface area is 179 Å². The number of hydrogen-bond donors (Lipinski definition) is 3. The summed E-state index contributed by atoms with van der Waals surface area (Å²) >= 11 is 1.36. The van der Waals surface area contributed by atoms with E-state index >= 15 is 0 Å². The summed E-state index contributed by atoms with van der Waals surface area (Å²) in [4.78, 5) is 25.9. The van der Waals surface area contributed by atoms with Crippen LogP contribution in [0.15, 0.2) is 24.4 Å². The first-order valence-corrected chi connectivity index (χ1v) is 11.3. The summed E-state index contributed by atoms with van der Waals surface area (Å²) in [5.74, 6) is -0.112. The van der Waals surface area contributed by atoms with Crippen LogP contribution in [0.2, 0.25) is 0 Å². The second-order valence-corrected chi connectivity index (χ2v) is 9.10. The van der Waals surface area contributed by atoms with Gasteiger partial charge in [0.1, 0.15) is 9.71 Å². The number of piperazine rings is 1. The molecule has 1 saturated heterocycles. The molecule has 30 heavy (non-hydrogen) atoms. The molecule has 3 aromatic rings. The summed E-state index contributed by atoms with van der Waals surface area (Å²) in [6.07, 6.45) is 4.57. The quantitative estimate of drug-likeness (QED) is 0.599. The maximum absolute atomic E-state index is 12.9. The van der Waals surface area contributed by atoms with E-state index in [1.165, 1.54) is 22.6 Å². The number of nitrogen functional groups attached to an aromatic ring is 1. The minimum atomic E-state index is -0.112. The average molecular weight is 423 g/mol. The van der Waals surface area contributed by atoms with Crippen molar-refractivity contribution in [1.82, 2.24) is 20.6 Å². The number of hydrogen-bond acceptors (Lipinski definition) is 7. The summed E-state index contributed by atoms with van der Waals surface area (Å²) in [6, 6.07) is 6.22. The van der Waals surface area contributed by atoms with Gasteiger partial charge in [0.2, 0.25) is 0 Å². The van der Waals surface area contributed by atoms with Gasteiger partial charge in [-0.25, -0.2) is 4.98 Å². The number of fused-ring (bicyclic) bond motifs is 2. The lowest BCUT2D eigenvalue weighted by molar-refractivity contribution is 0.0938. The SMILES string of the molecule is Cc1ccc2c(N)c(C(=O)NC3CCc4cc(N5CCNCC5)cnc4C3)sc2n1. The van der Waals surface area contributed by atoms with Gasteiger partial charge in [0.15, 0.2) is 0 Å². The van der Waals surface area contributed by atoms with E-state index in [0.717, 1.165) is 67.0 Å². The van der Waals surface area contributed by atoms with Crippen molar-refractivity contribution in [2.45, 2.75) is 32.2 Å². The zero-order valence-electron chi connectivity index (χ0n) is 17.1. The first kappa shape index (κ1) is 19.3. The number of aromatic nitrogens is 2. The van der Waals surface area contributed by atoms with Crippen molar-refractivity contribution in [2.24, 2.45) is 0 Å². The Kier molecular flexibility index (Phi) is 5.04. The molecule has 4 N–H and O–H groups in total. The second-order valence-electron chi connectivity index (χ2n) is 8.10. The van der Waals surface area contributed by atoms with E-state index in [-0.39, 0.29) is 11.9 Å². The molecule has 156 valence electrons. The molecular weight excluding hydrogens is 396 g/mol. The van der Waals surface area contributed by atoms with Crippen LogP contribution in [0, 0.1) is 6.92 Å². The molecule has 1 atom stereocenters. The minimum Gasteiger partial charge on any atom is -0.397 e. The number of carbonyl (C=O) groups is 1. The highest BCUT2D eigenvalue weighted by molar-refractivity contribution is 7.21. The third-order valence-electron chi connectivity index (χ3n) is 6.00. The molecule has 1 fully saturated rings. The van der Waals surface area contributed by atoms with E-state index in [4.69, 9.17) is 10.7 Å². The number of thiophene rings is 1. The molecule has 5 rings (SSSR count). The summed E-state index contributed by atoms with van der Waals surface area (Å²) in [5.41, 5.74) is 11.3. The number of pyridine rings is 2. The molecule has 0 saturated carbocycles. The van der Waals surface area contributed by atoms with Crippen molar-refractivity contribution in [1.29, 1.82) is 0 Å². The standard InChI is InChI=1S/C22H26N6OS/c1-13-2-5-17-19(23)20(30-22(17)26-13)21(29)27-15-4-3-14-10-16(12-25-18(14)11-15)28-8-6-24-7-9-28/h2,5,10,12,15,24H,3-4,6-9,11,23H2,1H3,(H,27,29). The van der Waals surface area contributed by atoms with Crippen LogP contribution in [-0.2, 0) is 12.8 Å². The maximum atomic E-state index is 12.9. The number of aryl methyl sites for hydroxylation is 2. The summed E-state index contributed by atoms with van der Waals surface area (Å²) in [7, 11) is 0. The molecule has 0 aromatic carbocycles. The van der Waals surface area contributed by atoms with Gasteiger partial charge in [-0.05, 0) is 43.5 Å². The van der Waals surface area contributed by atoms with E-state index in [0.29, 0.717) is 10.6 Å². The highest BCUT2D eigenvalue weighted by Gasteiger charge is 2.25. The maximum Gasteiger partial charge on any atom is 0.263 e. The lowest BCUT2D eigenvalue weighted by Gasteiger charge is -2.31. The van der Waals surface area contributed by atoms with Gasteiger partial charge in [-0.3, -0.25) is 9.78 Å². The fraction of sp³-hybridized carbons (Fsp3) is 0.409. The van der Waals surface area contributed by atoms with Gasteiger partial charge in [-0.15, -0.1) is 11.3 Å². The van der Waals surface area contributed by atoms with Crippen molar-refractivity contribution in [3.8, 4) is 0 Å². The number of anilines is 2. The largest absolute Gasteiger partial charge is 0.397 e. The van der Waals surface area contributed by atoms with Crippen LogP contribution in [0.3, 0.4) is 0 Å². The summed E-state index contributed by atoms with van der Waals surface area (Å²) < 4.78 is 0. The molecule has 1 aliphatic heterocycles. The third-order valence-corrected chi connectivity index (χ3v) is 7.12. The summed E-state index contributed by atoms with van der Waals surface area (Å²) in [5, 5.41) is 7.41. The molecule has 8 heteroatoms. The third kappa shape index (κ3) is 3.61. The zero-order valence-corrected chi connectivity index (χ0v) is 17.9. The number of carbonyl (C=O) groups excluding carboxylic acids is 1. The van der Waals surface area contributed by atoms with Gasteiger partial charge in [0, 0.05) is 55.4 Å². The van der Waals surface area contributed by atoms with Gasteiger partial charge >= 0.3 is 0 Å². The Balaban J connectivity index is 1.29. The fourth-order valence-electron chi connectivity index (χ4n) is 4.32. The Morgan fingerprint density at radius 3 is 3.00 bits per heavy atom. The van der Waals surface area contributed by atoms with Gasteiger partial charge in [-0.1, -0.05) is 0 Å². The van der Waals surface area contributed by atoms with Crippen LogP contribution >= 0.6 is 11.3 Å². The molecule has 0 spiro atoms. The highest BCUT2D eigenvalue weighted by Crippen LogP contribution is 2.33. The predicted octanol–water partition coefficient (Wildman–Crippen LogP) is 2.28. The monoisotopic (exact) mass is 422 g/mol. The molecule has 4 heterocycles. The lowest BCUT2D eigenvalue weighted by Crippen LogP contribution is -2.43. The highest BCUT2D eigenvalue weighted by atomic mass is 32.1. The average Bonchev–Trinajstić information content (AvgIpc) is 3.09. The molecule has 0 radical (unpaired) electrons. The Bertz CT molecular complexity index is 1100. The van der Waals surface area contributed by atoms with Crippen molar-refractivity contribution in [3.63, 3.8) is 0 Å². The van der Waals surface area contributed by atoms with E-state index < -0.39 is 0 Å². The molecule has 1 amide bonds. The Hall–Kier alpha value is -2.71. The molecular formula is C22H26N6OS. The molecule has 3 aromatic heterocycles. The van der Waals surface area contributed by atoms with Crippen LogP contribution in [0.4, 0.5) is 11.4 Å². The van der Waals surface area contributed by atoms with Crippen molar-refractivity contribution < 1.29 is 4.79 Å². The van der Waals surface area contributed by atoms with Gasteiger partial charge < -0.3 is 21.3 Å². The normalized spacial score (nSPS) is 19.0. The number of nitrogens with zero attached hydrogens (tertiary/aromatic N) is 3. The number of rotatable bonds is 3. The van der Waals surface area contributed by atoms with E-state index in [2.05, 4.69) is 26.6 Å². The molecule has 1 aliphatic carbocycles. The zero-order chi connectivity index (χ0) is 20.7. The minimum absolute atomic E-state index is 0.0712. The van der Waals surface area contributed by atoms with Gasteiger partial charge in [0.05, 0.1) is 17.6 Å². The topological polar surface area (TPSA) is 96.2 Å². The van der Waals surface area contributed by atoms with Crippen molar-refractivity contribution in [2.75, 3.05) is 36.8 Å². The van der Waals surface area contributed by atoms with Crippen LogP contribution in [0.5, 0.6) is 0 Å². The number of nitrogens with two attached hydrogens (primary N) is 1. The van der Waals surface area contributed by atoms with Crippen molar-refractivity contribution >= 4 is 38.8 Å². The lowest BCUT2D eigenvalue weighted by atomic mass is 9.91. The first-order valence-electron chi connectivity index (χ1n) is 10.5. The van der Waals surface area contributed by atoms with Crippen molar-refractivity contribution in [3.05, 3.63) is 46.2 Å². The number of nitrogens with one attached hydrogen (secondary N) is 2. The van der Waals surface area contributed by atoms with E-state index in [9.17, 15) is 4.79 Å². The molecule has 1 unspecified atom stereocenters. The molecule has 7 nitrogen and oxygen atoms in total. The van der Waals surface area contributed by atoms with E-state index in [1.54, 1.807) is 0 Å². The molecule has 2 aliphatic rings. The fourth-order valence-corrected chi connectivity index (χ4v) is 5.36. The summed E-state index contributed by atoms with van der Waals surface area (Å²) in [6.45, 7) is 6.01. The Morgan fingerprint density at radius 2 is 2.17 bits per heavy atom. The van der Waals surface area contributed by atoms with Gasteiger partial charge in [0.25, 0.3) is 5.91 Å². The first-order chi connectivity index (χ1) is 14.6. The van der Waals surface area contributed by atoms with Crippen LogP contribution in [0.1, 0.15) is 33.0 Å². The van der Waals surface area contributed by atoms with E-state index in [1.807, 2.05) is 25.3 Å². The molecule has 0 bridgehead atoms. The number of amides is 1. The van der Waals surface area contributed by atoms with Crippen LogP contribution < -0.4 is 21.3 Å².